The predicted molar refractivity (Wildman–Crippen MR) is 73.5 cm³/mol. The highest BCUT2D eigenvalue weighted by Gasteiger charge is 2.13. The molecule has 0 unspecified atom stereocenters. The van der Waals surface area contributed by atoms with Crippen LogP contribution in [0.25, 0.3) is 0 Å². The van der Waals surface area contributed by atoms with Crippen LogP contribution in [0.15, 0.2) is 17.4 Å². The largest absolute Gasteiger partial charge is 0.409 e. The molecule has 7 nitrogen and oxygen atoms in total. The van der Waals surface area contributed by atoms with Gasteiger partial charge in [-0.25, -0.2) is 9.97 Å². The molecule has 0 saturated carbocycles. The van der Waals surface area contributed by atoms with Crippen LogP contribution in [0.4, 0.5) is 5.95 Å². The number of rotatable bonds is 7. The molecular weight excluding hydrogens is 246 g/mol. The normalized spacial score (nSPS) is 11.9. The van der Waals surface area contributed by atoms with Crippen LogP contribution in [-0.2, 0) is 4.74 Å². The molecular formula is C12H21N5O2. The summed E-state index contributed by atoms with van der Waals surface area (Å²) in [6.07, 6.45) is 1.59. The van der Waals surface area contributed by atoms with E-state index >= 15 is 0 Å². The monoisotopic (exact) mass is 267 g/mol. The maximum absolute atomic E-state index is 8.67. The summed E-state index contributed by atoms with van der Waals surface area (Å²) in [6, 6.07) is 1.60. The average molecular weight is 267 g/mol. The molecule has 1 aromatic heterocycles. The van der Waals surface area contributed by atoms with Gasteiger partial charge in [-0.2, -0.15) is 0 Å². The molecule has 0 fully saturated rings. The van der Waals surface area contributed by atoms with E-state index in [0.29, 0.717) is 30.7 Å². The molecule has 0 atom stereocenters. The second-order valence-electron chi connectivity index (χ2n) is 4.56. The average Bonchev–Trinajstić information content (AvgIpc) is 2.42. The minimum absolute atomic E-state index is 0.0279. The second kappa shape index (κ2) is 7.52. The van der Waals surface area contributed by atoms with Crippen molar-refractivity contribution in [2.75, 3.05) is 31.7 Å². The Hall–Kier alpha value is -1.89. The van der Waals surface area contributed by atoms with Gasteiger partial charge in [0, 0.05) is 26.4 Å². The Morgan fingerprint density at radius 1 is 1.58 bits per heavy atom. The summed E-state index contributed by atoms with van der Waals surface area (Å²) >= 11 is 0. The van der Waals surface area contributed by atoms with Crippen molar-refractivity contribution >= 4 is 11.8 Å². The molecule has 1 rings (SSSR count). The smallest absolute Gasteiger partial charge is 0.226 e. The van der Waals surface area contributed by atoms with Gasteiger partial charge in [-0.3, -0.25) is 0 Å². The molecule has 0 aliphatic rings. The minimum atomic E-state index is -0.0279. The van der Waals surface area contributed by atoms with Crippen molar-refractivity contribution in [3.05, 3.63) is 18.0 Å². The van der Waals surface area contributed by atoms with Gasteiger partial charge in [0.05, 0.1) is 6.61 Å². The molecule has 0 aliphatic heterocycles. The van der Waals surface area contributed by atoms with E-state index in [1.54, 1.807) is 19.4 Å². The van der Waals surface area contributed by atoms with Gasteiger partial charge < -0.3 is 20.6 Å². The van der Waals surface area contributed by atoms with Crippen molar-refractivity contribution in [3.8, 4) is 0 Å². The summed E-state index contributed by atoms with van der Waals surface area (Å²) in [6.45, 7) is 6.32. The number of methoxy groups -OCH3 is 1. The van der Waals surface area contributed by atoms with E-state index in [-0.39, 0.29) is 5.84 Å². The van der Waals surface area contributed by atoms with Crippen LogP contribution in [0.5, 0.6) is 0 Å². The van der Waals surface area contributed by atoms with Gasteiger partial charge >= 0.3 is 0 Å². The van der Waals surface area contributed by atoms with Gasteiger partial charge in [0.25, 0.3) is 0 Å². The predicted octanol–water partition coefficient (Wildman–Crippen LogP) is 0.680. The number of aromatic nitrogens is 2. The van der Waals surface area contributed by atoms with E-state index < -0.39 is 0 Å². The molecule has 1 heterocycles. The fourth-order valence-electron chi connectivity index (χ4n) is 1.61. The first-order valence-corrected chi connectivity index (χ1v) is 6.13. The number of ether oxygens (including phenoxy) is 1. The fourth-order valence-corrected chi connectivity index (χ4v) is 1.61. The number of anilines is 1. The van der Waals surface area contributed by atoms with Crippen LogP contribution in [0, 0.1) is 5.92 Å². The first kappa shape index (κ1) is 15.2. The van der Waals surface area contributed by atoms with Crippen molar-refractivity contribution in [2.24, 2.45) is 16.8 Å². The summed E-state index contributed by atoms with van der Waals surface area (Å²) in [5.74, 6) is 0.989. The Labute approximate surface area is 113 Å². The van der Waals surface area contributed by atoms with Gasteiger partial charge in [-0.1, -0.05) is 19.0 Å². The quantitative estimate of drug-likeness (QED) is 0.326. The van der Waals surface area contributed by atoms with Crippen LogP contribution < -0.4 is 10.6 Å². The summed E-state index contributed by atoms with van der Waals surface area (Å²) < 4.78 is 5.09. The number of amidine groups is 1. The third-order valence-corrected chi connectivity index (χ3v) is 2.45. The fraction of sp³-hybridized carbons (Fsp3) is 0.583. The first-order valence-electron chi connectivity index (χ1n) is 6.13. The minimum Gasteiger partial charge on any atom is -0.409 e. The number of nitrogens with two attached hydrogens (primary N) is 1. The van der Waals surface area contributed by atoms with Crippen LogP contribution >= 0.6 is 0 Å². The lowest BCUT2D eigenvalue weighted by Gasteiger charge is -2.24. The van der Waals surface area contributed by atoms with E-state index in [0.717, 1.165) is 6.54 Å². The van der Waals surface area contributed by atoms with Crippen LogP contribution in [0.3, 0.4) is 0 Å². The van der Waals surface area contributed by atoms with Crippen LogP contribution in [0.1, 0.15) is 19.5 Å². The molecule has 1 aromatic rings. The zero-order valence-corrected chi connectivity index (χ0v) is 11.6. The number of nitrogens with zero attached hydrogens (tertiary/aromatic N) is 4. The third-order valence-electron chi connectivity index (χ3n) is 2.45. The molecule has 106 valence electrons. The molecule has 3 N–H and O–H groups in total. The molecule has 0 aliphatic carbocycles. The summed E-state index contributed by atoms with van der Waals surface area (Å²) in [5, 5.41) is 11.6. The standard InChI is InChI=1S/C12H21N5O2/c1-9(2)8-17(6-7-19-3)12-14-5-4-10(15-12)11(13)16-18/h4-5,9,18H,6-8H2,1-3H3,(H2,13,16). The van der Waals surface area contributed by atoms with Gasteiger partial charge in [-0.15, -0.1) is 0 Å². The summed E-state index contributed by atoms with van der Waals surface area (Å²) in [7, 11) is 1.65. The van der Waals surface area contributed by atoms with E-state index in [1.807, 2.05) is 4.90 Å². The Balaban J connectivity index is 2.94. The highest BCUT2D eigenvalue weighted by Crippen LogP contribution is 2.10. The SMILES string of the molecule is COCCN(CC(C)C)c1nccc(/C(N)=N/O)n1. The molecule has 0 amide bonds. The molecule has 0 saturated heterocycles. The number of hydrogen-bond acceptors (Lipinski definition) is 6. The van der Waals surface area contributed by atoms with Gasteiger partial charge in [0.1, 0.15) is 5.69 Å². The van der Waals surface area contributed by atoms with Crippen molar-refractivity contribution in [2.45, 2.75) is 13.8 Å². The third kappa shape index (κ3) is 4.70. The second-order valence-corrected chi connectivity index (χ2v) is 4.56. The lowest BCUT2D eigenvalue weighted by molar-refractivity contribution is 0.204. The van der Waals surface area contributed by atoms with E-state index in [4.69, 9.17) is 15.7 Å². The van der Waals surface area contributed by atoms with Gasteiger partial charge in [0.2, 0.25) is 5.95 Å². The first-order chi connectivity index (χ1) is 9.08. The van der Waals surface area contributed by atoms with Crippen molar-refractivity contribution < 1.29 is 9.94 Å². The van der Waals surface area contributed by atoms with Crippen molar-refractivity contribution in [3.63, 3.8) is 0 Å². The zero-order chi connectivity index (χ0) is 14.3. The molecule has 0 aromatic carbocycles. The molecule has 7 heteroatoms. The van der Waals surface area contributed by atoms with Gasteiger partial charge in [-0.05, 0) is 12.0 Å². The zero-order valence-electron chi connectivity index (χ0n) is 11.6. The lowest BCUT2D eigenvalue weighted by Crippen LogP contribution is -2.33. The van der Waals surface area contributed by atoms with Crippen LogP contribution in [-0.4, -0.2) is 47.8 Å². The molecule has 0 bridgehead atoms. The van der Waals surface area contributed by atoms with Crippen molar-refractivity contribution in [1.82, 2.24) is 9.97 Å². The number of hydrogen-bond donors (Lipinski definition) is 2. The van der Waals surface area contributed by atoms with Gasteiger partial charge in [0.15, 0.2) is 5.84 Å². The van der Waals surface area contributed by atoms with E-state index in [1.165, 1.54) is 0 Å². The lowest BCUT2D eigenvalue weighted by atomic mass is 10.2. The Kier molecular flexibility index (Phi) is 6.01. The summed E-state index contributed by atoms with van der Waals surface area (Å²) in [4.78, 5) is 10.5. The highest BCUT2D eigenvalue weighted by molar-refractivity contribution is 5.95. The Morgan fingerprint density at radius 3 is 2.89 bits per heavy atom. The molecule has 19 heavy (non-hydrogen) atoms. The maximum Gasteiger partial charge on any atom is 0.226 e. The molecule has 0 radical (unpaired) electrons. The Bertz CT molecular complexity index is 422. The van der Waals surface area contributed by atoms with Crippen molar-refractivity contribution in [1.29, 1.82) is 0 Å². The Morgan fingerprint density at radius 2 is 2.32 bits per heavy atom. The van der Waals surface area contributed by atoms with E-state index in [9.17, 15) is 0 Å². The maximum atomic E-state index is 8.67. The van der Waals surface area contributed by atoms with E-state index in [2.05, 4.69) is 29.0 Å². The number of oxime groups is 1. The summed E-state index contributed by atoms with van der Waals surface area (Å²) in [5.41, 5.74) is 5.93. The highest BCUT2D eigenvalue weighted by atomic mass is 16.5. The van der Waals surface area contributed by atoms with Crippen LogP contribution in [0.2, 0.25) is 0 Å². The molecule has 0 spiro atoms. The topological polar surface area (TPSA) is 96.9 Å².